The highest BCUT2D eigenvalue weighted by atomic mass is 32.2. The van der Waals surface area contributed by atoms with Crippen LogP contribution in [0.15, 0.2) is 71.8 Å². The molecule has 3 aromatic carbocycles. The Morgan fingerprint density at radius 2 is 1.72 bits per heavy atom. The molecule has 0 saturated carbocycles. The third kappa shape index (κ3) is 6.19. The van der Waals surface area contributed by atoms with Crippen LogP contribution >= 0.6 is 11.8 Å². The van der Waals surface area contributed by atoms with E-state index >= 15 is 0 Å². The van der Waals surface area contributed by atoms with Crippen molar-refractivity contribution in [2.75, 3.05) is 11.1 Å². The van der Waals surface area contributed by atoms with E-state index in [1.165, 1.54) is 23.3 Å². The van der Waals surface area contributed by atoms with Gasteiger partial charge in [-0.15, -0.1) is 11.8 Å². The molecule has 2 N–H and O–H groups in total. The molecule has 6 heteroatoms. The first-order chi connectivity index (χ1) is 14.0. The van der Waals surface area contributed by atoms with Crippen LogP contribution in [0.1, 0.15) is 25.0 Å². The van der Waals surface area contributed by atoms with Crippen molar-refractivity contribution in [3.63, 3.8) is 0 Å². The van der Waals surface area contributed by atoms with Gasteiger partial charge in [-0.1, -0.05) is 54.6 Å². The maximum Gasteiger partial charge on any atom is 0.250 e. The van der Waals surface area contributed by atoms with Crippen LogP contribution in [-0.4, -0.2) is 23.3 Å². The quantitative estimate of drug-likeness (QED) is 0.447. The number of benzene rings is 3. The fourth-order valence-corrected chi connectivity index (χ4v) is 3.63. The molecule has 3 rings (SSSR count). The average molecular weight is 406 g/mol. The number of thioether (sulfide) groups is 1. The van der Waals surface area contributed by atoms with Crippen LogP contribution in [0.4, 0.5) is 5.69 Å². The Morgan fingerprint density at radius 1 is 0.931 bits per heavy atom. The Kier molecular flexibility index (Phi) is 7.03. The molecule has 2 amide bonds. The Morgan fingerprint density at radius 3 is 2.52 bits per heavy atom. The molecule has 0 aliphatic carbocycles. The monoisotopic (exact) mass is 405 g/mol. The van der Waals surface area contributed by atoms with Gasteiger partial charge in [0.05, 0.1) is 11.5 Å². The number of hydrazone groups is 1. The number of nitrogens with zero attached hydrogens (tertiary/aromatic N) is 1. The van der Waals surface area contributed by atoms with Gasteiger partial charge in [-0.3, -0.25) is 9.59 Å². The smallest absolute Gasteiger partial charge is 0.250 e. The topological polar surface area (TPSA) is 70.6 Å². The summed E-state index contributed by atoms with van der Waals surface area (Å²) in [5.74, 6) is 0.816. The number of amides is 2. The maximum atomic E-state index is 12.1. The van der Waals surface area contributed by atoms with Crippen molar-refractivity contribution < 1.29 is 9.59 Å². The highest BCUT2D eigenvalue weighted by Crippen LogP contribution is 2.19. The Bertz CT molecular complexity index is 1060. The number of hydrogen-bond acceptors (Lipinski definition) is 4. The van der Waals surface area contributed by atoms with Crippen LogP contribution in [0.3, 0.4) is 0 Å². The van der Waals surface area contributed by atoms with E-state index in [1.807, 2.05) is 37.3 Å². The molecule has 148 valence electrons. The number of rotatable bonds is 7. The summed E-state index contributed by atoms with van der Waals surface area (Å²) in [6, 6.07) is 21.9. The summed E-state index contributed by atoms with van der Waals surface area (Å²) in [6.45, 7) is 3.28. The van der Waals surface area contributed by atoms with Gasteiger partial charge in [-0.25, -0.2) is 5.43 Å². The zero-order chi connectivity index (χ0) is 20.6. The second-order valence-electron chi connectivity index (χ2n) is 6.67. The molecule has 0 atom stereocenters. The lowest BCUT2D eigenvalue weighted by molar-refractivity contribution is -0.118. The van der Waals surface area contributed by atoms with E-state index in [-0.39, 0.29) is 11.8 Å². The van der Waals surface area contributed by atoms with E-state index in [0.717, 1.165) is 11.3 Å². The third-order valence-electron chi connectivity index (χ3n) is 4.26. The second-order valence-corrected chi connectivity index (χ2v) is 7.65. The van der Waals surface area contributed by atoms with Crippen molar-refractivity contribution in [2.24, 2.45) is 5.10 Å². The van der Waals surface area contributed by atoms with Gasteiger partial charge in [0.15, 0.2) is 0 Å². The summed E-state index contributed by atoms with van der Waals surface area (Å²) in [6.07, 6.45) is 0. The maximum absolute atomic E-state index is 12.1. The number of hydrogen-bond donors (Lipinski definition) is 2. The molecule has 0 radical (unpaired) electrons. The van der Waals surface area contributed by atoms with Crippen LogP contribution in [0.2, 0.25) is 0 Å². The summed E-state index contributed by atoms with van der Waals surface area (Å²) in [7, 11) is 0. The predicted octanol–water partition coefficient (Wildman–Crippen LogP) is 4.57. The minimum atomic E-state index is -0.145. The van der Waals surface area contributed by atoms with E-state index in [4.69, 9.17) is 0 Å². The second kappa shape index (κ2) is 9.89. The van der Waals surface area contributed by atoms with Crippen molar-refractivity contribution >= 4 is 45.7 Å². The molecule has 0 aliphatic heterocycles. The van der Waals surface area contributed by atoms with Crippen molar-refractivity contribution in [3.8, 4) is 0 Å². The van der Waals surface area contributed by atoms with E-state index < -0.39 is 0 Å². The van der Waals surface area contributed by atoms with Gasteiger partial charge in [0.1, 0.15) is 0 Å². The number of nitrogens with one attached hydrogen (secondary N) is 2. The lowest BCUT2D eigenvalue weighted by Gasteiger charge is -2.06. The molecule has 5 nitrogen and oxygen atoms in total. The zero-order valence-electron chi connectivity index (χ0n) is 16.4. The molecule has 0 spiro atoms. The molecule has 0 aliphatic rings. The van der Waals surface area contributed by atoms with Crippen molar-refractivity contribution in [1.82, 2.24) is 5.43 Å². The van der Waals surface area contributed by atoms with Crippen LogP contribution in [0.25, 0.3) is 10.8 Å². The van der Waals surface area contributed by atoms with Crippen LogP contribution in [0, 0.1) is 0 Å². The van der Waals surface area contributed by atoms with E-state index in [1.54, 1.807) is 17.8 Å². The van der Waals surface area contributed by atoms with Gasteiger partial charge < -0.3 is 5.32 Å². The lowest BCUT2D eigenvalue weighted by atomic mass is 10.1. The highest BCUT2D eigenvalue weighted by Gasteiger charge is 2.04. The molecule has 0 heterocycles. The molecular formula is C23H23N3O2S. The molecule has 0 unspecified atom stereocenters. The third-order valence-corrected chi connectivity index (χ3v) is 5.27. The SMILES string of the molecule is CC(=O)Nc1cccc(C(C)=NNC(=O)CSCc2ccc3ccccc3c2)c1. The van der Waals surface area contributed by atoms with Gasteiger partial charge in [0, 0.05) is 18.4 Å². The molecule has 0 fully saturated rings. The summed E-state index contributed by atoms with van der Waals surface area (Å²) in [5.41, 5.74) is 5.99. The fourth-order valence-electron chi connectivity index (χ4n) is 2.86. The number of carbonyl (C=O) groups excluding carboxylic acids is 2. The van der Waals surface area contributed by atoms with Gasteiger partial charge in [0.2, 0.25) is 11.8 Å². The summed E-state index contributed by atoms with van der Waals surface area (Å²) in [4.78, 5) is 23.3. The van der Waals surface area contributed by atoms with Crippen LogP contribution in [0.5, 0.6) is 0 Å². The molecule has 3 aromatic rings. The standard InChI is InChI=1S/C23H23N3O2S/c1-16(20-8-5-9-22(13-20)24-17(2)27)25-26-23(28)15-29-14-18-10-11-19-6-3-4-7-21(19)12-18/h3-13H,14-15H2,1-2H3,(H,24,27)(H,26,28). The predicted molar refractivity (Wildman–Crippen MR) is 121 cm³/mol. The summed E-state index contributed by atoms with van der Waals surface area (Å²) >= 11 is 1.55. The van der Waals surface area contributed by atoms with Gasteiger partial charge in [0.25, 0.3) is 0 Å². The largest absolute Gasteiger partial charge is 0.326 e. The van der Waals surface area contributed by atoms with Gasteiger partial charge >= 0.3 is 0 Å². The molecule has 0 saturated heterocycles. The van der Waals surface area contributed by atoms with Crippen molar-refractivity contribution in [2.45, 2.75) is 19.6 Å². The first-order valence-electron chi connectivity index (χ1n) is 9.28. The first kappa shape index (κ1) is 20.6. The molecule has 29 heavy (non-hydrogen) atoms. The molecule has 0 bridgehead atoms. The number of carbonyl (C=O) groups is 2. The van der Waals surface area contributed by atoms with E-state index in [0.29, 0.717) is 17.2 Å². The van der Waals surface area contributed by atoms with Crippen molar-refractivity contribution in [3.05, 3.63) is 77.9 Å². The fraction of sp³-hybridized carbons (Fsp3) is 0.174. The molecule has 0 aromatic heterocycles. The minimum Gasteiger partial charge on any atom is -0.326 e. The van der Waals surface area contributed by atoms with E-state index in [2.05, 4.69) is 46.2 Å². The summed E-state index contributed by atoms with van der Waals surface area (Å²) in [5, 5.41) is 9.33. The zero-order valence-corrected chi connectivity index (χ0v) is 17.3. The number of fused-ring (bicyclic) bond motifs is 1. The highest BCUT2D eigenvalue weighted by molar-refractivity contribution is 7.99. The number of anilines is 1. The average Bonchev–Trinajstić information content (AvgIpc) is 2.71. The first-order valence-corrected chi connectivity index (χ1v) is 10.4. The van der Waals surface area contributed by atoms with E-state index in [9.17, 15) is 9.59 Å². The van der Waals surface area contributed by atoms with Crippen LogP contribution in [-0.2, 0) is 15.3 Å². The Hall–Kier alpha value is -3.12. The van der Waals surface area contributed by atoms with Crippen LogP contribution < -0.4 is 10.7 Å². The lowest BCUT2D eigenvalue weighted by Crippen LogP contribution is -2.21. The van der Waals surface area contributed by atoms with Gasteiger partial charge in [-0.05, 0) is 41.0 Å². The normalized spacial score (nSPS) is 11.3. The minimum absolute atomic E-state index is 0.131. The van der Waals surface area contributed by atoms with Gasteiger partial charge in [-0.2, -0.15) is 5.10 Å². The Labute approximate surface area is 174 Å². The van der Waals surface area contributed by atoms with Crippen molar-refractivity contribution in [1.29, 1.82) is 0 Å². The summed E-state index contributed by atoms with van der Waals surface area (Å²) < 4.78 is 0. The Balaban J connectivity index is 1.50. The molecular weight excluding hydrogens is 382 g/mol.